The SMILES string of the molecule is Cl.Cn1c(=O)cc(CN)c2ccccc21. The van der Waals surface area contributed by atoms with Crippen LogP contribution < -0.4 is 11.3 Å². The molecule has 80 valence electrons. The summed E-state index contributed by atoms with van der Waals surface area (Å²) >= 11 is 0. The first kappa shape index (κ1) is 11.8. The Morgan fingerprint density at radius 1 is 1.33 bits per heavy atom. The van der Waals surface area contributed by atoms with E-state index in [1.807, 2.05) is 24.3 Å². The lowest BCUT2D eigenvalue weighted by Crippen LogP contribution is -2.18. The maximum absolute atomic E-state index is 11.5. The number of para-hydroxylation sites is 1. The van der Waals surface area contributed by atoms with E-state index in [2.05, 4.69) is 0 Å². The summed E-state index contributed by atoms with van der Waals surface area (Å²) in [6.07, 6.45) is 0. The number of pyridine rings is 1. The van der Waals surface area contributed by atoms with Gasteiger partial charge in [0.1, 0.15) is 0 Å². The summed E-state index contributed by atoms with van der Waals surface area (Å²) in [5.41, 5.74) is 7.41. The third-order valence-electron chi connectivity index (χ3n) is 2.46. The van der Waals surface area contributed by atoms with E-state index in [-0.39, 0.29) is 18.0 Å². The molecule has 0 aliphatic rings. The van der Waals surface area contributed by atoms with Crippen LogP contribution in [0.15, 0.2) is 35.1 Å². The minimum Gasteiger partial charge on any atom is -0.326 e. The molecule has 2 rings (SSSR count). The molecule has 0 atom stereocenters. The van der Waals surface area contributed by atoms with Crippen LogP contribution >= 0.6 is 12.4 Å². The van der Waals surface area contributed by atoms with Crippen LogP contribution in [0.2, 0.25) is 0 Å². The number of hydrogen-bond donors (Lipinski definition) is 1. The largest absolute Gasteiger partial charge is 0.326 e. The minimum absolute atomic E-state index is 0. The Hall–Kier alpha value is -1.32. The molecule has 0 bridgehead atoms. The van der Waals surface area contributed by atoms with Gasteiger partial charge < -0.3 is 10.3 Å². The van der Waals surface area contributed by atoms with Crippen LogP contribution in [0.3, 0.4) is 0 Å². The number of halogens is 1. The van der Waals surface area contributed by atoms with Gasteiger partial charge in [-0.3, -0.25) is 4.79 Å². The molecule has 0 spiro atoms. The third-order valence-corrected chi connectivity index (χ3v) is 2.46. The number of aromatic nitrogens is 1. The second kappa shape index (κ2) is 4.47. The van der Waals surface area contributed by atoms with Gasteiger partial charge in [0.15, 0.2) is 0 Å². The van der Waals surface area contributed by atoms with E-state index in [0.29, 0.717) is 6.54 Å². The van der Waals surface area contributed by atoms with E-state index in [0.717, 1.165) is 16.5 Å². The van der Waals surface area contributed by atoms with E-state index in [1.165, 1.54) is 0 Å². The number of benzene rings is 1. The van der Waals surface area contributed by atoms with Crippen molar-refractivity contribution < 1.29 is 0 Å². The molecule has 0 amide bonds. The molecule has 1 aromatic heterocycles. The second-order valence-electron chi connectivity index (χ2n) is 3.29. The summed E-state index contributed by atoms with van der Waals surface area (Å²) in [5.74, 6) is 0. The summed E-state index contributed by atoms with van der Waals surface area (Å²) in [4.78, 5) is 11.5. The molecule has 0 saturated heterocycles. The maximum Gasteiger partial charge on any atom is 0.251 e. The van der Waals surface area contributed by atoms with E-state index < -0.39 is 0 Å². The van der Waals surface area contributed by atoms with Crippen LogP contribution in [0.25, 0.3) is 10.9 Å². The van der Waals surface area contributed by atoms with Gasteiger partial charge in [-0.25, -0.2) is 0 Å². The van der Waals surface area contributed by atoms with Crippen molar-refractivity contribution in [2.24, 2.45) is 12.8 Å². The zero-order valence-electron chi connectivity index (χ0n) is 8.43. The molecule has 0 aliphatic heterocycles. The molecule has 4 heteroatoms. The van der Waals surface area contributed by atoms with Gasteiger partial charge >= 0.3 is 0 Å². The Kier molecular flexibility index (Phi) is 3.50. The first-order valence-corrected chi connectivity index (χ1v) is 4.52. The van der Waals surface area contributed by atoms with Gasteiger partial charge in [0.25, 0.3) is 5.56 Å². The highest BCUT2D eigenvalue weighted by Gasteiger charge is 2.03. The van der Waals surface area contributed by atoms with Crippen molar-refractivity contribution in [2.45, 2.75) is 6.54 Å². The number of rotatable bonds is 1. The zero-order valence-corrected chi connectivity index (χ0v) is 9.25. The number of hydrogen-bond acceptors (Lipinski definition) is 2. The fourth-order valence-corrected chi connectivity index (χ4v) is 1.65. The third kappa shape index (κ3) is 1.89. The fraction of sp³-hybridized carbons (Fsp3) is 0.182. The number of fused-ring (bicyclic) bond motifs is 1. The molecule has 0 unspecified atom stereocenters. The van der Waals surface area contributed by atoms with Crippen molar-refractivity contribution >= 4 is 23.3 Å². The van der Waals surface area contributed by atoms with Crippen LogP contribution in [0.5, 0.6) is 0 Å². The normalized spacial score (nSPS) is 10.0. The van der Waals surface area contributed by atoms with Crippen molar-refractivity contribution in [1.29, 1.82) is 0 Å². The van der Waals surface area contributed by atoms with Gasteiger partial charge in [-0.15, -0.1) is 12.4 Å². The molecular formula is C11H13ClN2O. The monoisotopic (exact) mass is 224 g/mol. The van der Waals surface area contributed by atoms with Crippen LogP contribution in [0.1, 0.15) is 5.56 Å². The molecule has 1 aromatic carbocycles. The van der Waals surface area contributed by atoms with Crippen LogP contribution in [-0.2, 0) is 13.6 Å². The first-order chi connectivity index (χ1) is 6.74. The molecule has 0 aliphatic carbocycles. The lowest BCUT2D eigenvalue weighted by Gasteiger charge is -2.07. The Labute approximate surface area is 93.9 Å². The average molecular weight is 225 g/mol. The Bertz CT molecular complexity index is 534. The van der Waals surface area contributed by atoms with E-state index >= 15 is 0 Å². The summed E-state index contributed by atoms with van der Waals surface area (Å²) in [7, 11) is 1.77. The lowest BCUT2D eigenvalue weighted by molar-refractivity contribution is 0.895. The van der Waals surface area contributed by atoms with Gasteiger partial charge in [0.05, 0.1) is 5.52 Å². The van der Waals surface area contributed by atoms with Gasteiger partial charge in [-0.2, -0.15) is 0 Å². The number of nitrogens with two attached hydrogens (primary N) is 1. The first-order valence-electron chi connectivity index (χ1n) is 4.52. The highest BCUT2D eigenvalue weighted by Crippen LogP contribution is 2.15. The van der Waals surface area contributed by atoms with Crippen molar-refractivity contribution in [3.05, 3.63) is 46.2 Å². The van der Waals surface area contributed by atoms with Crippen LogP contribution in [0.4, 0.5) is 0 Å². The standard InChI is InChI=1S/C11H12N2O.ClH/c1-13-10-5-3-2-4-9(10)8(7-12)6-11(13)14;/h2-6H,7,12H2,1H3;1H. The molecule has 2 aromatic rings. The number of nitrogens with zero attached hydrogens (tertiary/aromatic N) is 1. The molecule has 0 radical (unpaired) electrons. The van der Waals surface area contributed by atoms with Crippen LogP contribution in [0, 0.1) is 0 Å². The molecule has 0 fully saturated rings. The summed E-state index contributed by atoms with van der Waals surface area (Å²) < 4.78 is 1.63. The van der Waals surface area contributed by atoms with Gasteiger partial charge in [-0.1, -0.05) is 18.2 Å². The van der Waals surface area contributed by atoms with E-state index in [1.54, 1.807) is 17.7 Å². The predicted molar refractivity (Wildman–Crippen MR) is 64.3 cm³/mol. The number of aryl methyl sites for hydroxylation is 1. The average Bonchev–Trinajstić information content (AvgIpc) is 2.23. The molecule has 1 heterocycles. The van der Waals surface area contributed by atoms with E-state index in [9.17, 15) is 4.79 Å². The van der Waals surface area contributed by atoms with Gasteiger partial charge in [-0.05, 0) is 11.6 Å². The topological polar surface area (TPSA) is 48.0 Å². The maximum atomic E-state index is 11.5. The zero-order chi connectivity index (χ0) is 10.1. The summed E-state index contributed by atoms with van der Waals surface area (Å²) in [6, 6.07) is 9.38. The molecule has 3 nitrogen and oxygen atoms in total. The van der Waals surface area contributed by atoms with Crippen molar-refractivity contribution in [3.8, 4) is 0 Å². The Morgan fingerprint density at radius 2 is 2.00 bits per heavy atom. The minimum atomic E-state index is -0.0100. The lowest BCUT2D eigenvalue weighted by atomic mass is 10.1. The Morgan fingerprint density at radius 3 is 2.67 bits per heavy atom. The summed E-state index contributed by atoms with van der Waals surface area (Å²) in [5, 5.41) is 1.05. The highest BCUT2D eigenvalue weighted by atomic mass is 35.5. The predicted octanol–water partition coefficient (Wildman–Crippen LogP) is 1.42. The fourth-order valence-electron chi connectivity index (χ4n) is 1.65. The van der Waals surface area contributed by atoms with Gasteiger partial charge in [0.2, 0.25) is 0 Å². The van der Waals surface area contributed by atoms with Crippen LogP contribution in [-0.4, -0.2) is 4.57 Å². The van der Waals surface area contributed by atoms with Gasteiger partial charge in [0, 0.05) is 25.0 Å². The van der Waals surface area contributed by atoms with E-state index in [4.69, 9.17) is 5.73 Å². The second-order valence-corrected chi connectivity index (χ2v) is 3.29. The molecule has 2 N–H and O–H groups in total. The van der Waals surface area contributed by atoms with Crippen molar-refractivity contribution in [3.63, 3.8) is 0 Å². The smallest absolute Gasteiger partial charge is 0.251 e. The quantitative estimate of drug-likeness (QED) is 0.797. The highest BCUT2D eigenvalue weighted by molar-refractivity contribution is 5.85. The summed E-state index contributed by atoms with van der Waals surface area (Å²) in [6.45, 7) is 0.399. The molecular weight excluding hydrogens is 212 g/mol. The Balaban J connectivity index is 0.00000112. The molecule has 0 saturated carbocycles. The van der Waals surface area contributed by atoms with Crippen molar-refractivity contribution in [1.82, 2.24) is 4.57 Å². The van der Waals surface area contributed by atoms with Crippen molar-refractivity contribution in [2.75, 3.05) is 0 Å². The molecule has 15 heavy (non-hydrogen) atoms.